The van der Waals surface area contributed by atoms with Gasteiger partial charge in [0.25, 0.3) is 0 Å². The summed E-state index contributed by atoms with van der Waals surface area (Å²) in [5, 5.41) is 2.06. The highest BCUT2D eigenvalue weighted by molar-refractivity contribution is 6.27. The molecule has 1 fully saturated rings. The predicted octanol–water partition coefficient (Wildman–Crippen LogP) is 0.373. The lowest BCUT2D eigenvalue weighted by Gasteiger charge is -2.29. The van der Waals surface area contributed by atoms with Crippen LogP contribution >= 0.6 is 0 Å². The highest BCUT2D eigenvalue weighted by atomic mass is 19.1. The number of carbonyl (C=O) groups excluding carboxylic acids is 3. The minimum atomic E-state index is -1.02. The Bertz CT molecular complexity index is 547. The summed E-state index contributed by atoms with van der Waals surface area (Å²) < 4.78 is 13.1. The Kier molecular flexibility index (Phi) is 3.57. The molecule has 1 aromatic carbocycles. The number of rotatable bonds is 3. The van der Waals surface area contributed by atoms with Crippen molar-refractivity contribution in [3.8, 4) is 0 Å². The van der Waals surface area contributed by atoms with Gasteiger partial charge in [-0.2, -0.15) is 0 Å². The van der Waals surface area contributed by atoms with E-state index in [-0.39, 0.29) is 18.7 Å². The number of barbiturate groups is 1. The van der Waals surface area contributed by atoms with E-state index in [0.717, 1.165) is 11.0 Å². The molecular weight excluding hydrogens is 253 g/mol. The van der Waals surface area contributed by atoms with Gasteiger partial charge < -0.3 is 5.73 Å². The summed E-state index contributed by atoms with van der Waals surface area (Å²) in [4.78, 5) is 36.1. The second kappa shape index (κ2) is 5.15. The van der Waals surface area contributed by atoms with Gasteiger partial charge in [0.05, 0.1) is 5.69 Å². The van der Waals surface area contributed by atoms with E-state index in [1.54, 1.807) is 0 Å². The molecule has 19 heavy (non-hydrogen) atoms. The number of nitrogens with two attached hydrogens (primary N) is 1. The summed E-state index contributed by atoms with van der Waals surface area (Å²) in [7, 11) is 0. The van der Waals surface area contributed by atoms with Crippen molar-refractivity contribution in [2.24, 2.45) is 11.7 Å². The number of carbonyl (C=O) groups is 3. The molecule has 2 rings (SSSR count). The molecular formula is C12H12FN3O3. The Morgan fingerprint density at radius 3 is 2.68 bits per heavy atom. The first-order valence-electron chi connectivity index (χ1n) is 5.69. The molecule has 0 radical (unpaired) electrons. The van der Waals surface area contributed by atoms with Gasteiger partial charge in [-0.3, -0.25) is 14.9 Å². The third kappa shape index (κ3) is 2.45. The number of nitrogens with one attached hydrogen (secondary N) is 1. The van der Waals surface area contributed by atoms with Crippen molar-refractivity contribution in [1.29, 1.82) is 0 Å². The Hall–Kier alpha value is -2.28. The van der Waals surface area contributed by atoms with E-state index in [2.05, 4.69) is 5.32 Å². The number of hydrogen-bond donors (Lipinski definition) is 2. The van der Waals surface area contributed by atoms with Gasteiger partial charge in [-0.1, -0.05) is 6.07 Å². The van der Waals surface area contributed by atoms with E-state index in [0.29, 0.717) is 0 Å². The van der Waals surface area contributed by atoms with Crippen LogP contribution in [0, 0.1) is 11.7 Å². The molecule has 0 spiro atoms. The largest absolute Gasteiger partial charge is 0.335 e. The molecule has 3 N–H and O–H groups in total. The first-order valence-corrected chi connectivity index (χ1v) is 5.69. The fourth-order valence-electron chi connectivity index (χ4n) is 1.90. The van der Waals surface area contributed by atoms with Gasteiger partial charge in [-0.25, -0.2) is 14.1 Å². The fourth-order valence-corrected chi connectivity index (χ4v) is 1.90. The molecule has 0 bridgehead atoms. The number of anilines is 1. The molecule has 1 aliphatic rings. The van der Waals surface area contributed by atoms with Crippen molar-refractivity contribution in [2.75, 3.05) is 11.4 Å². The second-order valence-electron chi connectivity index (χ2n) is 4.08. The molecule has 7 heteroatoms. The minimum absolute atomic E-state index is 0.0806. The predicted molar refractivity (Wildman–Crippen MR) is 64.6 cm³/mol. The van der Waals surface area contributed by atoms with Crippen molar-refractivity contribution in [2.45, 2.75) is 6.42 Å². The Balaban J connectivity index is 2.36. The van der Waals surface area contributed by atoms with Gasteiger partial charge >= 0.3 is 6.03 Å². The quantitative estimate of drug-likeness (QED) is 0.772. The summed E-state index contributed by atoms with van der Waals surface area (Å²) in [6, 6.07) is 4.15. The van der Waals surface area contributed by atoms with E-state index >= 15 is 0 Å². The number of hydrogen-bond acceptors (Lipinski definition) is 4. The number of nitrogens with zero attached hydrogens (tertiary/aromatic N) is 1. The van der Waals surface area contributed by atoms with Crippen LogP contribution in [0.3, 0.4) is 0 Å². The van der Waals surface area contributed by atoms with Gasteiger partial charge in [0.1, 0.15) is 11.7 Å². The van der Waals surface area contributed by atoms with Gasteiger partial charge in [-0.05, 0) is 31.2 Å². The molecule has 4 amide bonds. The van der Waals surface area contributed by atoms with Crippen LogP contribution in [0.4, 0.5) is 14.9 Å². The summed E-state index contributed by atoms with van der Waals surface area (Å²) in [5.74, 6) is -2.96. The first-order chi connectivity index (χ1) is 9.04. The highest BCUT2D eigenvalue weighted by Crippen LogP contribution is 2.22. The monoisotopic (exact) mass is 265 g/mol. The average Bonchev–Trinajstić information content (AvgIpc) is 2.34. The molecule has 1 unspecified atom stereocenters. The Morgan fingerprint density at radius 2 is 2.05 bits per heavy atom. The van der Waals surface area contributed by atoms with Crippen LogP contribution < -0.4 is 16.0 Å². The van der Waals surface area contributed by atoms with Crippen LogP contribution in [-0.2, 0) is 9.59 Å². The summed E-state index contributed by atoms with van der Waals surface area (Å²) in [5.41, 5.74) is 5.41. The summed E-state index contributed by atoms with van der Waals surface area (Å²) in [6.45, 7) is 0.134. The van der Waals surface area contributed by atoms with Crippen molar-refractivity contribution < 1.29 is 18.8 Å². The molecule has 0 aromatic heterocycles. The smallest absolute Gasteiger partial charge is 0.330 e. The van der Waals surface area contributed by atoms with E-state index in [4.69, 9.17) is 5.73 Å². The Morgan fingerprint density at radius 1 is 1.32 bits per heavy atom. The molecule has 1 aromatic rings. The molecule has 100 valence electrons. The molecule has 0 saturated carbocycles. The van der Waals surface area contributed by atoms with Crippen LogP contribution in [-0.4, -0.2) is 24.4 Å². The second-order valence-corrected chi connectivity index (χ2v) is 4.08. The van der Waals surface area contributed by atoms with E-state index in [1.807, 2.05) is 0 Å². The van der Waals surface area contributed by atoms with E-state index in [1.165, 1.54) is 18.2 Å². The summed E-state index contributed by atoms with van der Waals surface area (Å²) >= 11 is 0. The number of benzene rings is 1. The lowest BCUT2D eigenvalue weighted by molar-refractivity contribution is -0.134. The van der Waals surface area contributed by atoms with E-state index in [9.17, 15) is 18.8 Å². The van der Waals surface area contributed by atoms with Crippen LogP contribution in [0.2, 0.25) is 0 Å². The van der Waals surface area contributed by atoms with E-state index < -0.39 is 29.6 Å². The maximum absolute atomic E-state index is 13.1. The zero-order valence-corrected chi connectivity index (χ0v) is 9.93. The number of imide groups is 2. The van der Waals surface area contributed by atoms with Crippen molar-refractivity contribution in [1.82, 2.24) is 5.32 Å². The molecule has 1 saturated heterocycles. The Labute approximate surface area is 108 Å². The molecule has 6 nitrogen and oxygen atoms in total. The number of urea groups is 1. The molecule has 1 atom stereocenters. The lowest BCUT2D eigenvalue weighted by atomic mass is 10.0. The number of halogens is 1. The lowest BCUT2D eigenvalue weighted by Crippen LogP contribution is -2.58. The molecule has 1 heterocycles. The van der Waals surface area contributed by atoms with Gasteiger partial charge in [0.15, 0.2) is 0 Å². The van der Waals surface area contributed by atoms with Crippen LogP contribution in [0.1, 0.15) is 6.42 Å². The average molecular weight is 265 g/mol. The topological polar surface area (TPSA) is 92.5 Å². The van der Waals surface area contributed by atoms with Crippen molar-refractivity contribution in [3.05, 3.63) is 30.1 Å². The SMILES string of the molecule is NCCC1C(=O)NC(=O)N(c2cccc(F)c2)C1=O. The fraction of sp³-hybridized carbons (Fsp3) is 0.250. The van der Waals surface area contributed by atoms with Crippen LogP contribution in [0.25, 0.3) is 0 Å². The van der Waals surface area contributed by atoms with Gasteiger partial charge in [0, 0.05) is 0 Å². The third-order valence-corrected chi connectivity index (χ3v) is 2.79. The maximum atomic E-state index is 13.1. The zero-order valence-electron chi connectivity index (χ0n) is 9.93. The molecule has 0 aliphatic carbocycles. The normalized spacial score (nSPS) is 19.6. The first kappa shape index (κ1) is 13.2. The van der Waals surface area contributed by atoms with Gasteiger partial charge in [0.2, 0.25) is 11.8 Å². The third-order valence-electron chi connectivity index (χ3n) is 2.79. The zero-order chi connectivity index (χ0) is 14.0. The van der Waals surface area contributed by atoms with Crippen molar-refractivity contribution >= 4 is 23.5 Å². The maximum Gasteiger partial charge on any atom is 0.335 e. The van der Waals surface area contributed by atoms with Crippen LogP contribution in [0.15, 0.2) is 24.3 Å². The van der Waals surface area contributed by atoms with Crippen molar-refractivity contribution in [3.63, 3.8) is 0 Å². The molecule has 1 aliphatic heterocycles. The highest BCUT2D eigenvalue weighted by Gasteiger charge is 2.40. The minimum Gasteiger partial charge on any atom is -0.330 e. The van der Waals surface area contributed by atoms with Crippen LogP contribution in [0.5, 0.6) is 0 Å². The summed E-state index contributed by atoms with van der Waals surface area (Å²) in [6.07, 6.45) is 0.129. The van der Waals surface area contributed by atoms with Gasteiger partial charge in [-0.15, -0.1) is 0 Å². The number of amides is 4. The standard InChI is InChI=1S/C12H12FN3O3/c13-7-2-1-3-8(6-7)16-11(18)9(4-5-14)10(17)15-12(16)19/h1-3,6,9H,4-5,14H2,(H,15,17,19).